The maximum atomic E-state index is 13.4. The highest BCUT2D eigenvalue weighted by atomic mass is 79.9. The fourth-order valence-corrected chi connectivity index (χ4v) is 1.63. The molecule has 2 N–H and O–H groups in total. The van der Waals surface area contributed by atoms with Gasteiger partial charge in [-0.25, -0.2) is 9.37 Å². The maximum Gasteiger partial charge on any atom is 0.201 e. The third-order valence-electron chi connectivity index (χ3n) is 1.94. The van der Waals surface area contributed by atoms with E-state index in [-0.39, 0.29) is 17.3 Å². The summed E-state index contributed by atoms with van der Waals surface area (Å²) in [7, 11) is 0. The van der Waals surface area contributed by atoms with E-state index in [4.69, 9.17) is 10.5 Å². The van der Waals surface area contributed by atoms with E-state index in [1.54, 1.807) is 0 Å². The van der Waals surface area contributed by atoms with E-state index in [9.17, 15) is 8.78 Å². The molecule has 0 fully saturated rings. The van der Waals surface area contributed by atoms with Crippen LogP contribution in [-0.2, 0) is 0 Å². The molecule has 0 saturated carbocycles. The van der Waals surface area contributed by atoms with Crippen LogP contribution in [0.2, 0.25) is 0 Å². The minimum Gasteiger partial charge on any atom is -0.454 e. The number of nitrogen functional groups attached to an aromatic ring is 1. The van der Waals surface area contributed by atoms with Gasteiger partial charge in [-0.15, -0.1) is 0 Å². The number of hydrogen-bond acceptors (Lipinski definition) is 3. The average Bonchev–Trinajstić information content (AvgIpc) is 2.25. The van der Waals surface area contributed by atoms with Crippen molar-refractivity contribution in [1.29, 1.82) is 0 Å². The Balaban J connectivity index is 2.36. The van der Waals surface area contributed by atoms with Crippen LogP contribution in [0.4, 0.5) is 14.6 Å². The van der Waals surface area contributed by atoms with E-state index in [2.05, 4.69) is 20.9 Å². The van der Waals surface area contributed by atoms with E-state index in [0.717, 1.165) is 6.07 Å². The van der Waals surface area contributed by atoms with Crippen molar-refractivity contribution in [3.8, 4) is 11.5 Å². The Bertz CT molecular complexity index is 563. The molecule has 1 heterocycles. The Morgan fingerprint density at radius 1 is 1.24 bits per heavy atom. The molecule has 0 aliphatic carbocycles. The highest BCUT2D eigenvalue weighted by Crippen LogP contribution is 2.29. The quantitative estimate of drug-likeness (QED) is 0.864. The van der Waals surface area contributed by atoms with Crippen LogP contribution in [0.25, 0.3) is 0 Å². The van der Waals surface area contributed by atoms with Gasteiger partial charge in [-0.1, -0.05) is 15.9 Å². The molecular formula is C11H7BrF2N2O. The first-order valence-corrected chi connectivity index (χ1v) is 5.39. The minimum absolute atomic E-state index is 0.220. The molecule has 0 saturated heterocycles. The topological polar surface area (TPSA) is 48.1 Å². The summed E-state index contributed by atoms with van der Waals surface area (Å²) in [6.07, 6.45) is 1.41. The summed E-state index contributed by atoms with van der Waals surface area (Å²) in [4.78, 5) is 3.76. The van der Waals surface area contributed by atoms with Crippen molar-refractivity contribution in [1.82, 2.24) is 4.98 Å². The number of halogens is 3. The van der Waals surface area contributed by atoms with Crippen molar-refractivity contribution in [3.63, 3.8) is 0 Å². The Labute approximate surface area is 104 Å². The van der Waals surface area contributed by atoms with Gasteiger partial charge in [-0.3, -0.25) is 0 Å². The Morgan fingerprint density at radius 2 is 2.00 bits per heavy atom. The largest absolute Gasteiger partial charge is 0.454 e. The highest BCUT2D eigenvalue weighted by molar-refractivity contribution is 9.10. The summed E-state index contributed by atoms with van der Waals surface area (Å²) in [6, 6.07) is 5.25. The Hall–Kier alpha value is -1.69. The molecule has 0 bridgehead atoms. The molecule has 2 rings (SSSR count). The Kier molecular flexibility index (Phi) is 3.23. The van der Waals surface area contributed by atoms with Crippen LogP contribution < -0.4 is 10.5 Å². The van der Waals surface area contributed by atoms with Crippen LogP contribution in [-0.4, -0.2) is 4.98 Å². The predicted octanol–water partition coefficient (Wildman–Crippen LogP) is 3.50. The zero-order valence-electron chi connectivity index (χ0n) is 8.45. The summed E-state index contributed by atoms with van der Waals surface area (Å²) in [6.45, 7) is 0. The average molecular weight is 301 g/mol. The maximum absolute atomic E-state index is 13.4. The van der Waals surface area contributed by atoms with E-state index in [1.807, 2.05) is 0 Å². The van der Waals surface area contributed by atoms with Crippen molar-refractivity contribution < 1.29 is 13.5 Å². The zero-order chi connectivity index (χ0) is 12.4. The number of benzene rings is 1. The number of hydrogen-bond donors (Lipinski definition) is 1. The second kappa shape index (κ2) is 4.67. The summed E-state index contributed by atoms with van der Waals surface area (Å²) >= 11 is 3.05. The third-order valence-corrected chi connectivity index (χ3v) is 2.40. The molecule has 88 valence electrons. The first-order chi connectivity index (χ1) is 8.06. The standard InChI is InChI=1S/C11H7BrF2N2O/c12-6-3-8(13)11(14)9(4-6)17-7-1-2-16-10(15)5-7/h1-5H,(H2,15,16). The molecule has 0 aliphatic heterocycles. The molecule has 2 aromatic rings. The van der Waals surface area contributed by atoms with Crippen molar-refractivity contribution in [2.75, 3.05) is 5.73 Å². The lowest BCUT2D eigenvalue weighted by Gasteiger charge is -2.08. The lowest BCUT2D eigenvalue weighted by Crippen LogP contribution is -1.94. The van der Waals surface area contributed by atoms with Gasteiger partial charge >= 0.3 is 0 Å². The van der Waals surface area contributed by atoms with Gasteiger partial charge in [0, 0.05) is 16.7 Å². The van der Waals surface area contributed by atoms with E-state index < -0.39 is 11.6 Å². The fourth-order valence-electron chi connectivity index (χ4n) is 1.23. The van der Waals surface area contributed by atoms with E-state index >= 15 is 0 Å². The van der Waals surface area contributed by atoms with Crippen molar-refractivity contribution in [3.05, 3.63) is 46.6 Å². The third kappa shape index (κ3) is 2.71. The van der Waals surface area contributed by atoms with Crippen LogP contribution >= 0.6 is 15.9 Å². The van der Waals surface area contributed by atoms with Gasteiger partial charge in [0.25, 0.3) is 0 Å². The molecule has 3 nitrogen and oxygen atoms in total. The van der Waals surface area contributed by atoms with Crippen LogP contribution in [0, 0.1) is 11.6 Å². The molecule has 1 aromatic carbocycles. The van der Waals surface area contributed by atoms with Gasteiger partial charge in [-0.2, -0.15) is 4.39 Å². The van der Waals surface area contributed by atoms with Crippen molar-refractivity contribution in [2.24, 2.45) is 0 Å². The smallest absolute Gasteiger partial charge is 0.201 e. The van der Waals surface area contributed by atoms with Crippen molar-refractivity contribution >= 4 is 21.7 Å². The van der Waals surface area contributed by atoms with Gasteiger partial charge in [0.1, 0.15) is 11.6 Å². The van der Waals surface area contributed by atoms with E-state index in [0.29, 0.717) is 4.47 Å². The molecule has 17 heavy (non-hydrogen) atoms. The zero-order valence-corrected chi connectivity index (χ0v) is 10.0. The van der Waals surface area contributed by atoms with Gasteiger partial charge in [0.15, 0.2) is 11.6 Å². The normalized spacial score (nSPS) is 10.3. The van der Waals surface area contributed by atoms with Crippen LogP contribution in [0.15, 0.2) is 34.9 Å². The molecule has 1 aromatic heterocycles. The first kappa shape index (κ1) is 11.8. The second-order valence-electron chi connectivity index (χ2n) is 3.22. The molecule has 0 spiro atoms. The molecule has 0 amide bonds. The number of nitrogens with two attached hydrogens (primary N) is 1. The van der Waals surface area contributed by atoms with Gasteiger partial charge in [0.05, 0.1) is 0 Å². The minimum atomic E-state index is -1.05. The number of nitrogens with zero attached hydrogens (tertiary/aromatic N) is 1. The van der Waals surface area contributed by atoms with Gasteiger partial charge in [-0.05, 0) is 18.2 Å². The highest BCUT2D eigenvalue weighted by Gasteiger charge is 2.12. The molecule has 6 heteroatoms. The lowest BCUT2D eigenvalue weighted by molar-refractivity contribution is 0.415. The number of ether oxygens (including phenoxy) is 1. The molecule has 0 atom stereocenters. The summed E-state index contributed by atoms with van der Waals surface area (Å²) in [5.74, 6) is -1.74. The Morgan fingerprint density at radius 3 is 2.71 bits per heavy atom. The number of pyridine rings is 1. The number of anilines is 1. The summed E-state index contributed by atoms with van der Waals surface area (Å²) in [5, 5.41) is 0. The number of aromatic nitrogens is 1. The monoisotopic (exact) mass is 300 g/mol. The fraction of sp³-hybridized carbons (Fsp3) is 0. The first-order valence-electron chi connectivity index (χ1n) is 4.60. The molecule has 0 unspecified atom stereocenters. The van der Waals surface area contributed by atoms with E-state index in [1.165, 1.54) is 24.4 Å². The predicted molar refractivity (Wildman–Crippen MR) is 62.8 cm³/mol. The second-order valence-corrected chi connectivity index (χ2v) is 4.13. The molecule has 0 radical (unpaired) electrons. The van der Waals surface area contributed by atoms with Gasteiger partial charge in [0.2, 0.25) is 5.82 Å². The summed E-state index contributed by atoms with van der Waals surface area (Å²) < 4.78 is 32.1. The van der Waals surface area contributed by atoms with Crippen molar-refractivity contribution in [2.45, 2.75) is 0 Å². The summed E-state index contributed by atoms with van der Waals surface area (Å²) in [5.41, 5.74) is 5.44. The van der Waals surface area contributed by atoms with Crippen LogP contribution in [0.3, 0.4) is 0 Å². The van der Waals surface area contributed by atoms with Crippen LogP contribution in [0.1, 0.15) is 0 Å². The molecular weight excluding hydrogens is 294 g/mol. The number of rotatable bonds is 2. The van der Waals surface area contributed by atoms with Crippen LogP contribution in [0.5, 0.6) is 11.5 Å². The molecule has 0 aliphatic rings. The lowest BCUT2D eigenvalue weighted by atomic mass is 10.3. The SMILES string of the molecule is Nc1cc(Oc2cc(Br)cc(F)c2F)ccn1. The van der Waals surface area contributed by atoms with Gasteiger partial charge < -0.3 is 10.5 Å².